The molecule has 3 nitrogen and oxygen atoms in total. The monoisotopic (exact) mass is 318 g/mol. The molecule has 0 aromatic heterocycles. The molecule has 0 heterocycles. The van der Waals surface area contributed by atoms with Crippen LogP contribution in [-0.2, 0) is 0 Å². The van der Waals surface area contributed by atoms with Gasteiger partial charge in [-0.3, -0.25) is 0 Å². The third-order valence-corrected chi connectivity index (χ3v) is 3.83. The van der Waals surface area contributed by atoms with Gasteiger partial charge in [-0.2, -0.15) is 0 Å². The van der Waals surface area contributed by atoms with Gasteiger partial charge in [0.25, 0.3) is 0 Å². The summed E-state index contributed by atoms with van der Waals surface area (Å²) >= 11 is 12.0. The van der Waals surface area contributed by atoms with Crippen molar-refractivity contribution >= 4 is 23.2 Å². The molecule has 0 fully saturated rings. The van der Waals surface area contributed by atoms with Crippen LogP contribution in [0.2, 0.25) is 10.0 Å². The molecule has 1 rings (SSSR count). The summed E-state index contributed by atoms with van der Waals surface area (Å²) in [6.45, 7) is 8.82. The lowest BCUT2D eigenvalue weighted by atomic mass is 10.1. The number of benzene rings is 1. The van der Waals surface area contributed by atoms with Crippen LogP contribution in [0.1, 0.15) is 31.9 Å². The highest BCUT2D eigenvalue weighted by Gasteiger charge is 2.12. The Kier molecular flexibility index (Phi) is 8.50. The molecule has 1 aromatic rings. The first kappa shape index (κ1) is 17.7. The number of halogens is 2. The van der Waals surface area contributed by atoms with E-state index in [9.17, 15) is 5.11 Å². The molecule has 2 N–H and O–H groups in total. The van der Waals surface area contributed by atoms with Gasteiger partial charge in [0.1, 0.15) is 0 Å². The van der Waals surface area contributed by atoms with Gasteiger partial charge >= 0.3 is 0 Å². The Hall–Kier alpha value is -0.320. The van der Waals surface area contributed by atoms with Crippen LogP contribution in [0.3, 0.4) is 0 Å². The summed E-state index contributed by atoms with van der Waals surface area (Å²) in [5.74, 6) is 0. The molecule has 0 saturated carbocycles. The summed E-state index contributed by atoms with van der Waals surface area (Å²) in [5.41, 5.74) is 0.674. The van der Waals surface area contributed by atoms with E-state index in [0.717, 1.165) is 32.6 Å². The van der Waals surface area contributed by atoms with Crippen LogP contribution in [0, 0.1) is 0 Å². The smallest absolute Gasteiger partial charge is 0.0929 e. The predicted molar refractivity (Wildman–Crippen MR) is 86.7 cm³/mol. The zero-order valence-electron chi connectivity index (χ0n) is 12.2. The molecule has 0 aliphatic heterocycles. The maximum atomic E-state index is 10.1. The standard InChI is InChI=1S/C15H24Cl2N2O/c1-3-8-19(4-2)9-7-18-11-15(20)13-10-12(16)5-6-14(13)17/h5-6,10,15,18,20H,3-4,7-9,11H2,1-2H3. The van der Waals surface area contributed by atoms with Crippen molar-refractivity contribution in [2.24, 2.45) is 0 Å². The first-order valence-electron chi connectivity index (χ1n) is 7.14. The maximum absolute atomic E-state index is 10.1. The fourth-order valence-electron chi connectivity index (χ4n) is 2.10. The second-order valence-electron chi connectivity index (χ2n) is 4.82. The number of aliphatic hydroxyl groups excluding tert-OH is 1. The van der Waals surface area contributed by atoms with Crippen molar-refractivity contribution < 1.29 is 5.11 Å². The van der Waals surface area contributed by atoms with Crippen LogP contribution < -0.4 is 5.32 Å². The van der Waals surface area contributed by atoms with Gasteiger partial charge in [0.2, 0.25) is 0 Å². The molecule has 20 heavy (non-hydrogen) atoms. The Morgan fingerprint density at radius 2 is 2.00 bits per heavy atom. The highest BCUT2D eigenvalue weighted by atomic mass is 35.5. The van der Waals surface area contributed by atoms with Crippen molar-refractivity contribution in [1.82, 2.24) is 10.2 Å². The van der Waals surface area contributed by atoms with E-state index in [2.05, 4.69) is 24.1 Å². The van der Waals surface area contributed by atoms with Crippen molar-refractivity contribution in [3.05, 3.63) is 33.8 Å². The van der Waals surface area contributed by atoms with Crippen LogP contribution >= 0.6 is 23.2 Å². The number of likely N-dealkylation sites (N-methyl/N-ethyl adjacent to an activating group) is 1. The van der Waals surface area contributed by atoms with Crippen molar-refractivity contribution in [3.63, 3.8) is 0 Å². The lowest BCUT2D eigenvalue weighted by Crippen LogP contribution is -2.34. The van der Waals surface area contributed by atoms with E-state index in [4.69, 9.17) is 23.2 Å². The lowest BCUT2D eigenvalue weighted by molar-refractivity contribution is 0.172. The van der Waals surface area contributed by atoms with E-state index in [1.54, 1.807) is 18.2 Å². The van der Waals surface area contributed by atoms with E-state index in [1.165, 1.54) is 0 Å². The van der Waals surface area contributed by atoms with Crippen LogP contribution in [0.15, 0.2) is 18.2 Å². The minimum absolute atomic E-state index is 0.476. The highest BCUT2D eigenvalue weighted by Crippen LogP contribution is 2.25. The van der Waals surface area contributed by atoms with E-state index in [0.29, 0.717) is 22.2 Å². The molecule has 0 aliphatic rings. The van der Waals surface area contributed by atoms with Gasteiger partial charge in [-0.05, 0) is 37.7 Å². The second kappa shape index (κ2) is 9.59. The molecule has 0 aliphatic carbocycles. The number of hydrogen-bond donors (Lipinski definition) is 2. The van der Waals surface area contributed by atoms with Crippen molar-refractivity contribution in [2.75, 3.05) is 32.7 Å². The Bertz CT molecular complexity index is 401. The van der Waals surface area contributed by atoms with Crippen LogP contribution in [-0.4, -0.2) is 42.7 Å². The number of nitrogens with one attached hydrogen (secondary N) is 1. The summed E-state index contributed by atoms with van der Waals surface area (Å²) < 4.78 is 0. The normalized spacial score (nSPS) is 12.9. The molecule has 0 saturated heterocycles. The third-order valence-electron chi connectivity index (χ3n) is 3.25. The first-order chi connectivity index (χ1) is 9.58. The summed E-state index contributed by atoms with van der Waals surface area (Å²) in [4.78, 5) is 2.38. The molecule has 0 bridgehead atoms. The van der Waals surface area contributed by atoms with Crippen molar-refractivity contribution in [3.8, 4) is 0 Å². The Morgan fingerprint density at radius 3 is 2.65 bits per heavy atom. The van der Waals surface area contributed by atoms with Gasteiger partial charge in [-0.1, -0.05) is 37.0 Å². The average Bonchev–Trinajstić information content (AvgIpc) is 2.44. The topological polar surface area (TPSA) is 35.5 Å². The molecule has 1 atom stereocenters. The van der Waals surface area contributed by atoms with E-state index >= 15 is 0 Å². The molecule has 114 valence electrons. The molecule has 0 amide bonds. The first-order valence-corrected chi connectivity index (χ1v) is 7.90. The van der Waals surface area contributed by atoms with Gasteiger partial charge in [0.05, 0.1) is 6.10 Å². The second-order valence-corrected chi connectivity index (χ2v) is 5.66. The fraction of sp³-hybridized carbons (Fsp3) is 0.600. The molecular formula is C15H24Cl2N2O. The number of aliphatic hydroxyl groups is 1. The third kappa shape index (κ3) is 5.98. The van der Waals surface area contributed by atoms with Gasteiger partial charge in [-0.15, -0.1) is 0 Å². The number of rotatable bonds is 9. The quantitative estimate of drug-likeness (QED) is 0.685. The molecular weight excluding hydrogens is 295 g/mol. The molecule has 1 unspecified atom stereocenters. The Morgan fingerprint density at radius 1 is 1.25 bits per heavy atom. The molecule has 5 heteroatoms. The Labute approximate surface area is 131 Å². The van der Waals surface area contributed by atoms with Crippen LogP contribution in [0.5, 0.6) is 0 Å². The van der Waals surface area contributed by atoms with Gasteiger partial charge in [-0.25, -0.2) is 0 Å². The van der Waals surface area contributed by atoms with E-state index in [-0.39, 0.29) is 0 Å². The SMILES string of the molecule is CCCN(CC)CCNCC(O)c1cc(Cl)ccc1Cl. The number of hydrogen-bond acceptors (Lipinski definition) is 3. The van der Waals surface area contributed by atoms with E-state index < -0.39 is 6.10 Å². The summed E-state index contributed by atoms with van der Waals surface area (Å²) in [6, 6.07) is 5.14. The lowest BCUT2D eigenvalue weighted by Gasteiger charge is -2.20. The average molecular weight is 319 g/mol. The number of nitrogens with zero attached hydrogens (tertiary/aromatic N) is 1. The largest absolute Gasteiger partial charge is 0.387 e. The minimum Gasteiger partial charge on any atom is -0.387 e. The molecule has 0 radical (unpaired) electrons. The summed E-state index contributed by atoms with van der Waals surface area (Å²) in [7, 11) is 0. The molecule has 0 spiro atoms. The minimum atomic E-state index is -0.637. The zero-order chi connectivity index (χ0) is 15.0. The van der Waals surface area contributed by atoms with Gasteiger partial charge in [0, 0.05) is 35.2 Å². The fourth-order valence-corrected chi connectivity index (χ4v) is 2.52. The van der Waals surface area contributed by atoms with Crippen LogP contribution in [0.4, 0.5) is 0 Å². The highest BCUT2D eigenvalue weighted by molar-refractivity contribution is 6.33. The van der Waals surface area contributed by atoms with Crippen molar-refractivity contribution in [2.45, 2.75) is 26.4 Å². The van der Waals surface area contributed by atoms with E-state index in [1.807, 2.05) is 0 Å². The Balaban J connectivity index is 2.36. The summed E-state index contributed by atoms with van der Waals surface area (Å²) in [5, 5.41) is 14.5. The van der Waals surface area contributed by atoms with Gasteiger partial charge in [0.15, 0.2) is 0 Å². The predicted octanol–water partition coefficient (Wildman–Crippen LogP) is 3.35. The maximum Gasteiger partial charge on any atom is 0.0929 e. The van der Waals surface area contributed by atoms with Gasteiger partial charge < -0.3 is 15.3 Å². The molecule has 1 aromatic carbocycles. The van der Waals surface area contributed by atoms with Crippen molar-refractivity contribution in [1.29, 1.82) is 0 Å². The zero-order valence-corrected chi connectivity index (χ0v) is 13.7. The van der Waals surface area contributed by atoms with Crippen LogP contribution in [0.25, 0.3) is 0 Å². The summed E-state index contributed by atoms with van der Waals surface area (Å²) in [6.07, 6.45) is 0.525.